The molecule has 0 aliphatic carbocycles. The van der Waals surface area contributed by atoms with Crippen molar-refractivity contribution in [2.24, 2.45) is 0 Å². The van der Waals surface area contributed by atoms with Crippen LogP contribution in [0.2, 0.25) is 0 Å². The van der Waals surface area contributed by atoms with Crippen LogP contribution in [0.1, 0.15) is 38.1 Å². The zero-order chi connectivity index (χ0) is 22.8. The first-order valence-corrected chi connectivity index (χ1v) is 11.6. The number of carbonyl (C=O) groups excluding carboxylic acids is 2. The zero-order valence-electron chi connectivity index (χ0n) is 18.0. The van der Waals surface area contributed by atoms with Gasteiger partial charge >= 0.3 is 0 Å². The summed E-state index contributed by atoms with van der Waals surface area (Å²) in [4.78, 5) is 25.7. The summed E-state index contributed by atoms with van der Waals surface area (Å²) in [5.74, 6) is -0.661. The molecule has 1 aliphatic rings. The van der Waals surface area contributed by atoms with Crippen LogP contribution in [-0.2, 0) is 14.8 Å². The predicted molar refractivity (Wildman–Crippen MR) is 120 cm³/mol. The highest BCUT2D eigenvalue weighted by atomic mass is 32.2. The van der Waals surface area contributed by atoms with Crippen LogP contribution in [0.15, 0.2) is 48.5 Å². The summed E-state index contributed by atoms with van der Waals surface area (Å²) < 4.78 is 32.2. The lowest BCUT2D eigenvalue weighted by Gasteiger charge is -2.34. The topological polar surface area (TPSA) is 105 Å². The molecule has 1 heterocycles. The quantitative estimate of drug-likeness (QED) is 0.736. The average Bonchev–Trinajstić information content (AvgIpc) is 2.72. The molecule has 0 saturated heterocycles. The SMILES string of the molecule is CCS(=O)(=O)N1CC(C(=O)Nc2ccccc2C(=O)NC(C)(C)C)Oc2ccccc21. The standard InChI is InChI=1S/C22H27N3O5S/c1-5-31(28,29)25-14-19(30-18-13-9-8-12-17(18)25)21(27)23-16-11-7-6-10-15(16)20(26)24-22(2,3)4/h6-13,19H,5,14H2,1-4H3,(H,23,27)(H,24,26). The summed E-state index contributed by atoms with van der Waals surface area (Å²) in [5, 5.41) is 5.59. The molecular weight excluding hydrogens is 418 g/mol. The Bertz CT molecular complexity index is 1090. The Labute approximate surface area is 182 Å². The molecule has 8 nitrogen and oxygen atoms in total. The Kier molecular flexibility index (Phi) is 6.26. The van der Waals surface area contributed by atoms with E-state index in [4.69, 9.17) is 4.74 Å². The number of rotatable bonds is 5. The van der Waals surface area contributed by atoms with Crippen molar-refractivity contribution in [1.82, 2.24) is 5.32 Å². The Balaban J connectivity index is 1.86. The van der Waals surface area contributed by atoms with Crippen molar-refractivity contribution in [2.45, 2.75) is 39.3 Å². The van der Waals surface area contributed by atoms with E-state index in [-0.39, 0.29) is 18.2 Å². The minimum absolute atomic E-state index is 0.106. The predicted octanol–water partition coefficient (Wildman–Crippen LogP) is 2.77. The molecule has 0 fully saturated rings. The Morgan fingerprint density at radius 3 is 2.42 bits per heavy atom. The van der Waals surface area contributed by atoms with Gasteiger partial charge in [0.25, 0.3) is 11.8 Å². The van der Waals surface area contributed by atoms with Gasteiger partial charge in [0, 0.05) is 5.54 Å². The molecule has 2 N–H and O–H groups in total. The summed E-state index contributed by atoms with van der Waals surface area (Å²) in [5.41, 5.74) is 0.583. The zero-order valence-corrected chi connectivity index (χ0v) is 18.8. The molecule has 1 aliphatic heterocycles. The number of hydrogen-bond acceptors (Lipinski definition) is 5. The van der Waals surface area contributed by atoms with Crippen molar-refractivity contribution in [3.63, 3.8) is 0 Å². The number of nitrogens with zero attached hydrogens (tertiary/aromatic N) is 1. The van der Waals surface area contributed by atoms with Gasteiger partial charge in [-0.1, -0.05) is 24.3 Å². The van der Waals surface area contributed by atoms with E-state index < -0.39 is 27.6 Å². The van der Waals surface area contributed by atoms with Crippen molar-refractivity contribution in [3.8, 4) is 5.75 Å². The molecule has 0 radical (unpaired) electrons. The van der Waals surface area contributed by atoms with Gasteiger partial charge in [0.05, 0.1) is 29.2 Å². The first-order chi connectivity index (χ1) is 14.5. The number of nitrogens with one attached hydrogen (secondary N) is 2. The summed E-state index contributed by atoms with van der Waals surface area (Å²) >= 11 is 0. The Morgan fingerprint density at radius 2 is 1.74 bits per heavy atom. The lowest BCUT2D eigenvalue weighted by atomic mass is 10.1. The summed E-state index contributed by atoms with van der Waals surface area (Å²) in [6, 6.07) is 13.3. The van der Waals surface area contributed by atoms with Crippen LogP contribution in [0.5, 0.6) is 5.75 Å². The number of hydrogen-bond donors (Lipinski definition) is 2. The molecule has 2 aromatic rings. The third-order valence-corrected chi connectivity index (χ3v) is 6.39. The highest BCUT2D eigenvalue weighted by Crippen LogP contribution is 2.35. The largest absolute Gasteiger partial charge is 0.476 e. The van der Waals surface area contributed by atoms with Gasteiger partial charge < -0.3 is 15.4 Å². The van der Waals surface area contributed by atoms with Crippen molar-refractivity contribution >= 4 is 33.2 Å². The molecule has 2 amide bonds. The van der Waals surface area contributed by atoms with Crippen LogP contribution in [0.25, 0.3) is 0 Å². The fourth-order valence-electron chi connectivity index (χ4n) is 3.17. The highest BCUT2D eigenvalue weighted by Gasteiger charge is 2.36. The van der Waals surface area contributed by atoms with Gasteiger partial charge in [-0.2, -0.15) is 0 Å². The van der Waals surface area contributed by atoms with Crippen molar-refractivity contribution in [2.75, 3.05) is 21.9 Å². The van der Waals surface area contributed by atoms with Crippen LogP contribution in [0.4, 0.5) is 11.4 Å². The smallest absolute Gasteiger partial charge is 0.267 e. The molecule has 0 saturated carbocycles. The first kappa shape index (κ1) is 22.6. The normalized spacial score (nSPS) is 16.1. The second-order valence-electron chi connectivity index (χ2n) is 8.24. The van der Waals surface area contributed by atoms with Crippen LogP contribution in [-0.4, -0.2) is 44.2 Å². The van der Waals surface area contributed by atoms with E-state index in [1.807, 2.05) is 20.8 Å². The molecule has 9 heteroatoms. The van der Waals surface area contributed by atoms with Gasteiger partial charge in [-0.05, 0) is 52.0 Å². The van der Waals surface area contributed by atoms with E-state index in [0.29, 0.717) is 22.7 Å². The van der Waals surface area contributed by atoms with Gasteiger partial charge in [0.1, 0.15) is 5.75 Å². The van der Waals surface area contributed by atoms with E-state index in [9.17, 15) is 18.0 Å². The van der Waals surface area contributed by atoms with Crippen LogP contribution in [0, 0.1) is 0 Å². The molecule has 0 bridgehead atoms. The summed E-state index contributed by atoms with van der Waals surface area (Å²) in [6.07, 6.45) is -1.07. The third kappa shape index (κ3) is 5.16. The second-order valence-corrected chi connectivity index (χ2v) is 10.4. The second kappa shape index (κ2) is 8.58. The highest BCUT2D eigenvalue weighted by molar-refractivity contribution is 7.92. The number of carbonyl (C=O) groups is 2. The van der Waals surface area contributed by atoms with E-state index in [0.717, 1.165) is 0 Å². The van der Waals surface area contributed by atoms with Gasteiger partial charge in [-0.3, -0.25) is 13.9 Å². The number of sulfonamides is 1. The molecule has 0 spiro atoms. The number of benzene rings is 2. The lowest BCUT2D eigenvalue weighted by Crippen LogP contribution is -2.49. The van der Waals surface area contributed by atoms with Gasteiger partial charge in [0.2, 0.25) is 10.0 Å². The maximum Gasteiger partial charge on any atom is 0.267 e. The van der Waals surface area contributed by atoms with Crippen LogP contribution in [0.3, 0.4) is 0 Å². The number of para-hydroxylation sites is 3. The molecule has 1 unspecified atom stereocenters. The molecule has 31 heavy (non-hydrogen) atoms. The van der Waals surface area contributed by atoms with E-state index in [2.05, 4.69) is 10.6 Å². The number of amides is 2. The van der Waals surface area contributed by atoms with E-state index in [1.54, 1.807) is 55.5 Å². The maximum absolute atomic E-state index is 13.0. The fourth-order valence-corrected chi connectivity index (χ4v) is 4.29. The molecule has 2 aromatic carbocycles. The fraction of sp³-hybridized carbons (Fsp3) is 0.364. The molecular formula is C22H27N3O5S. The molecule has 1 atom stereocenters. The molecule has 166 valence electrons. The van der Waals surface area contributed by atoms with Crippen molar-refractivity contribution < 1.29 is 22.7 Å². The maximum atomic E-state index is 13.0. The Morgan fingerprint density at radius 1 is 1.10 bits per heavy atom. The van der Waals surface area contributed by atoms with Gasteiger partial charge in [0.15, 0.2) is 6.10 Å². The third-order valence-electron chi connectivity index (χ3n) is 4.65. The Hall–Kier alpha value is -3.07. The van der Waals surface area contributed by atoms with E-state index in [1.165, 1.54) is 4.31 Å². The van der Waals surface area contributed by atoms with Gasteiger partial charge in [-0.15, -0.1) is 0 Å². The first-order valence-electron chi connectivity index (χ1n) is 10.0. The van der Waals surface area contributed by atoms with Crippen molar-refractivity contribution in [1.29, 1.82) is 0 Å². The number of anilines is 2. The van der Waals surface area contributed by atoms with Gasteiger partial charge in [-0.25, -0.2) is 8.42 Å². The minimum atomic E-state index is -3.61. The summed E-state index contributed by atoms with van der Waals surface area (Å²) in [7, 11) is -3.61. The van der Waals surface area contributed by atoms with E-state index >= 15 is 0 Å². The minimum Gasteiger partial charge on any atom is -0.476 e. The van der Waals surface area contributed by atoms with Crippen LogP contribution < -0.4 is 19.7 Å². The monoisotopic (exact) mass is 445 g/mol. The molecule has 0 aromatic heterocycles. The lowest BCUT2D eigenvalue weighted by molar-refractivity contribution is -0.122. The summed E-state index contributed by atoms with van der Waals surface area (Å²) in [6.45, 7) is 6.98. The number of fused-ring (bicyclic) bond motifs is 1. The van der Waals surface area contributed by atoms with Crippen LogP contribution >= 0.6 is 0 Å². The number of ether oxygens (including phenoxy) is 1. The van der Waals surface area contributed by atoms with Crippen molar-refractivity contribution in [3.05, 3.63) is 54.1 Å². The molecule has 3 rings (SSSR count). The average molecular weight is 446 g/mol.